The molecule has 1 aliphatic heterocycles. The smallest absolute Gasteiger partial charge is 0.416 e. The fraction of sp³-hybridized carbons (Fsp3) is 0.353. The standard InChI is InChI=1S/C17H20N2O5/c1-2-10-23-16(21)18-9-8-15(20)19-14(12-24-17(19)22)11-13-6-4-3-5-7-13/h2-7,14H,1,8-12H2,(H,18,21). The van der Waals surface area contributed by atoms with Gasteiger partial charge in [-0.05, 0) is 12.0 Å². The Labute approximate surface area is 140 Å². The van der Waals surface area contributed by atoms with Crippen LogP contribution < -0.4 is 5.32 Å². The summed E-state index contributed by atoms with van der Waals surface area (Å²) in [6.45, 7) is 3.78. The maximum atomic E-state index is 12.3. The van der Waals surface area contributed by atoms with Crippen LogP contribution in [0.4, 0.5) is 9.59 Å². The highest BCUT2D eigenvalue weighted by atomic mass is 16.6. The van der Waals surface area contributed by atoms with E-state index in [0.29, 0.717) is 6.42 Å². The first kappa shape index (κ1) is 17.5. The minimum atomic E-state index is -0.643. The van der Waals surface area contributed by atoms with E-state index in [0.717, 1.165) is 10.5 Å². The quantitative estimate of drug-likeness (QED) is 0.771. The van der Waals surface area contributed by atoms with Gasteiger partial charge in [0.15, 0.2) is 0 Å². The molecule has 1 N–H and O–H groups in total. The molecule has 3 amide bonds. The highest BCUT2D eigenvalue weighted by molar-refractivity contribution is 5.93. The Morgan fingerprint density at radius 3 is 2.83 bits per heavy atom. The van der Waals surface area contributed by atoms with Crippen molar-refractivity contribution in [2.75, 3.05) is 19.8 Å². The molecule has 7 heteroatoms. The zero-order chi connectivity index (χ0) is 17.4. The van der Waals surface area contributed by atoms with Crippen LogP contribution in [-0.4, -0.2) is 48.8 Å². The van der Waals surface area contributed by atoms with Crippen LogP contribution in [0.25, 0.3) is 0 Å². The molecule has 1 aliphatic rings. The van der Waals surface area contributed by atoms with Gasteiger partial charge in [0.2, 0.25) is 5.91 Å². The molecule has 1 aromatic rings. The Morgan fingerprint density at radius 2 is 2.12 bits per heavy atom. The number of imide groups is 1. The number of carbonyl (C=O) groups is 3. The van der Waals surface area contributed by atoms with Gasteiger partial charge in [-0.3, -0.25) is 4.79 Å². The Bertz CT molecular complexity index is 602. The largest absolute Gasteiger partial charge is 0.447 e. The van der Waals surface area contributed by atoms with E-state index in [1.807, 2.05) is 30.3 Å². The van der Waals surface area contributed by atoms with Crippen molar-refractivity contribution in [1.29, 1.82) is 0 Å². The minimum Gasteiger partial charge on any atom is -0.447 e. The van der Waals surface area contributed by atoms with E-state index < -0.39 is 12.2 Å². The molecule has 1 unspecified atom stereocenters. The van der Waals surface area contributed by atoms with Gasteiger partial charge in [-0.15, -0.1) is 0 Å². The van der Waals surface area contributed by atoms with Crippen LogP contribution in [0.15, 0.2) is 43.0 Å². The van der Waals surface area contributed by atoms with Crippen LogP contribution in [0.5, 0.6) is 0 Å². The van der Waals surface area contributed by atoms with Crippen LogP contribution in [0.2, 0.25) is 0 Å². The number of alkyl carbamates (subject to hydrolysis) is 1. The molecule has 1 heterocycles. The van der Waals surface area contributed by atoms with Crippen molar-refractivity contribution >= 4 is 18.1 Å². The third kappa shape index (κ3) is 4.84. The summed E-state index contributed by atoms with van der Waals surface area (Å²) in [5.74, 6) is -0.387. The van der Waals surface area contributed by atoms with Gasteiger partial charge >= 0.3 is 12.2 Å². The van der Waals surface area contributed by atoms with Crippen molar-refractivity contribution in [2.45, 2.75) is 18.9 Å². The predicted molar refractivity (Wildman–Crippen MR) is 86.3 cm³/mol. The summed E-state index contributed by atoms with van der Waals surface area (Å²) in [6.07, 6.45) is 0.693. The van der Waals surface area contributed by atoms with E-state index in [2.05, 4.69) is 11.9 Å². The van der Waals surface area contributed by atoms with Gasteiger partial charge in [0, 0.05) is 13.0 Å². The van der Waals surface area contributed by atoms with Crippen molar-refractivity contribution in [2.24, 2.45) is 0 Å². The van der Waals surface area contributed by atoms with Gasteiger partial charge in [-0.2, -0.15) is 0 Å². The monoisotopic (exact) mass is 332 g/mol. The lowest BCUT2D eigenvalue weighted by molar-refractivity contribution is -0.129. The number of hydrogen-bond acceptors (Lipinski definition) is 5. The summed E-state index contributed by atoms with van der Waals surface area (Å²) in [7, 11) is 0. The molecule has 0 radical (unpaired) electrons. The number of rotatable bonds is 7. The van der Waals surface area contributed by atoms with Crippen LogP contribution >= 0.6 is 0 Å². The topological polar surface area (TPSA) is 84.9 Å². The molecule has 1 saturated heterocycles. The van der Waals surface area contributed by atoms with Crippen molar-refractivity contribution in [3.8, 4) is 0 Å². The van der Waals surface area contributed by atoms with Gasteiger partial charge in [0.25, 0.3) is 0 Å². The van der Waals surface area contributed by atoms with Crippen LogP contribution in [0, 0.1) is 0 Å². The first-order valence-corrected chi connectivity index (χ1v) is 7.66. The maximum Gasteiger partial charge on any atom is 0.416 e. The normalized spacial score (nSPS) is 16.4. The maximum absolute atomic E-state index is 12.3. The Kier molecular flexibility index (Phi) is 6.36. The SMILES string of the molecule is C=CCOC(=O)NCCC(=O)N1C(=O)OCC1Cc1ccccc1. The van der Waals surface area contributed by atoms with Crippen molar-refractivity contribution in [3.63, 3.8) is 0 Å². The molecule has 1 aromatic carbocycles. The fourth-order valence-corrected chi connectivity index (χ4v) is 2.38. The lowest BCUT2D eigenvalue weighted by Gasteiger charge is -2.19. The van der Waals surface area contributed by atoms with Crippen molar-refractivity contribution < 1.29 is 23.9 Å². The highest BCUT2D eigenvalue weighted by Crippen LogP contribution is 2.18. The molecule has 0 spiro atoms. The second-order valence-electron chi connectivity index (χ2n) is 5.25. The Morgan fingerprint density at radius 1 is 1.38 bits per heavy atom. The van der Waals surface area contributed by atoms with Crippen LogP contribution in [-0.2, 0) is 20.7 Å². The van der Waals surface area contributed by atoms with E-state index in [9.17, 15) is 14.4 Å². The number of hydrogen-bond donors (Lipinski definition) is 1. The van der Waals surface area contributed by atoms with Gasteiger partial charge < -0.3 is 14.8 Å². The molecule has 0 saturated carbocycles. The van der Waals surface area contributed by atoms with Crippen molar-refractivity contribution in [3.05, 3.63) is 48.6 Å². The first-order chi connectivity index (χ1) is 11.6. The number of nitrogens with zero attached hydrogens (tertiary/aromatic N) is 1. The lowest BCUT2D eigenvalue weighted by atomic mass is 10.1. The molecular weight excluding hydrogens is 312 g/mol. The molecule has 128 valence electrons. The molecule has 2 rings (SSSR count). The van der Waals surface area contributed by atoms with Gasteiger partial charge in [-0.1, -0.05) is 43.0 Å². The molecule has 7 nitrogen and oxygen atoms in total. The summed E-state index contributed by atoms with van der Waals surface area (Å²) in [5.41, 5.74) is 1.02. The predicted octanol–water partition coefficient (Wildman–Crippen LogP) is 1.88. The molecular formula is C17H20N2O5. The summed E-state index contributed by atoms with van der Waals surface area (Å²) < 4.78 is 9.73. The van der Waals surface area contributed by atoms with Crippen LogP contribution in [0.1, 0.15) is 12.0 Å². The fourth-order valence-electron chi connectivity index (χ4n) is 2.38. The van der Waals surface area contributed by atoms with Gasteiger partial charge in [0.1, 0.15) is 13.2 Å². The zero-order valence-electron chi connectivity index (χ0n) is 13.3. The third-order valence-electron chi connectivity index (χ3n) is 3.48. The average molecular weight is 332 g/mol. The summed E-state index contributed by atoms with van der Waals surface area (Å²) in [5, 5.41) is 2.44. The molecule has 0 bridgehead atoms. The molecule has 0 aromatic heterocycles. The Hall–Kier alpha value is -2.83. The molecule has 1 fully saturated rings. The third-order valence-corrected chi connectivity index (χ3v) is 3.48. The van der Waals surface area contributed by atoms with E-state index in [1.54, 1.807) is 0 Å². The molecule has 24 heavy (non-hydrogen) atoms. The van der Waals surface area contributed by atoms with E-state index in [1.165, 1.54) is 6.08 Å². The summed E-state index contributed by atoms with van der Waals surface area (Å²) in [6, 6.07) is 9.24. The Balaban J connectivity index is 1.85. The lowest BCUT2D eigenvalue weighted by Crippen LogP contribution is -2.41. The second kappa shape index (κ2) is 8.71. The number of nitrogens with one attached hydrogen (secondary N) is 1. The number of benzene rings is 1. The van der Waals surface area contributed by atoms with Gasteiger partial charge in [-0.25, -0.2) is 14.5 Å². The van der Waals surface area contributed by atoms with Crippen molar-refractivity contribution in [1.82, 2.24) is 10.2 Å². The highest BCUT2D eigenvalue weighted by Gasteiger charge is 2.37. The average Bonchev–Trinajstić information content (AvgIpc) is 2.94. The number of amides is 3. The number of carbonyl (C=O) groups excluding carboxylic acids is 3. The molecule has 0 aliphatic carbocycles. The molecule has 1 atom stereocenters. The number of cyclic esters (lactones) is 1. The number of ether oxygens (including phenoxy) is 2. The van der Waals surface area contributed by atoms with E-state index in [4.69, 9.17) is 9.47 Å². The minimum absolute atomic E-state index is 0.0103. The van der Waals surface area contributed by atoms with E-state index in [-0.39, 0.29) is 38.1 Å². The second-order valence-corrected chi connectivity index (χ2v) is 5.25. The van der Waals surface area contributed by atoms with Gasteiger partial charge in [0.05, 0.1) is 6.04 Å². The first-order valence-electron chi connectivity index (χ1n) is 7.66. The van der Waals surface area contributed by atoms with E-state index >= 15 is 0 Å². The van der Waals surface area contributed by atoms with Crippen LogP contribution in [0.3, 0.4) is 0 Å². The summed E-state index contributed by atoms with van der Waals surface area (Å²) in [4.78, 5) is 36.5. The zero-order valence-corrected chi connectivity index (χ0v) is 13.3. The summed E-state index contributed by atoms with van der Waals surface area (Å²) >= 11 is 0.